The number of hydrogen-bond acceptors (Lipinski definition) is 5. The monoisotopic (exact) mass is 318 g/mol. The normalized spacial score (nSPS) is 12.7. The molecule has 8 nitrogen and oxygen atoms in total. The third-order valence-corrected chi connectivity index (χ3v) is 3.73. The molecule has 0 bridgehead atoms. The van der Waals surface area contributed by atoms with Crippen LogP contribution >= 0.6 is 0 Å². The smallest absolute Gasteiger partial charge is 0.312 e. The Hall–Kier alpha value is -2.95. The minimum absolute atomic E-state index is 0.0219. The Labute approximate surface area is 133 Å². The summed E-state index contributed by atoms with van der Waals surface area (Å²) in [4.78, 5) is 33.6. The number of rotatable bonds is 8. The zero-order valence-corrected chi connectivity index (χ0v) is 12.7. The van der Waals surface area contributed by atoms with Crippen molar-refractivity contribution in [1.29, 1.82) is 5.26 Å². The number of nitrogens with one attached hydrogen (secondary N) is 1. The molecule has 0 aliphatic rings. The molecule has 0 saturated heterocycles. The van der Waals surface area contributed by atoms with Gasteiger partial charge < -0.3 is 11.1 Å². The first-order valence-corrected chi connectivity index (χ1v) is 7.06. The van der Waals surface area contributed by atoms with Crippen LogP contribution in [0.25, 0.3) is 0 Å². The number of nitrogens with zero attached hydrogens (tertiary/aromatic N) is 2. The Morgan fingerprint density at radius 2 is 2.00 bits per heavy atom. The summed E-state index contributed by atoms with van der Waals surface area (Å²) in [5, 5.41) is 21.8. The van der Waals surface area contributed by atoms with Gasteiger partial charge in [0.2, 0.25) is 0 Å². The average Bonchev–Trinajstić information content (AvgIpc) is 2.51. The molecule has 1 rings (SSSR count). The number of urea groups is 1. The molecule has 1 unspecified atom stereocenters. The molecule has 0 radical (unpaired) electrons. The van der Waals surface area contributed by atoms with Gasteiger partial charge in [0.15, 0.2) is 5.78 Å². The molecule has 3 N–H and O–H groups in total. The lowest BCUT2D eigenvalue weighted by atomic mass is 9.83. The summed E-state index contributed by atoms with van der Waals surface area (Å²) in [6.45, 7) is 1.72. The van der Waals surface area contributed by atoms with Crippen LogP contribution in [0.1, 0.15) is 31.7 Å². The van der Waals surface area contributed by atoms with Crippen LogP contribution in [0.3, 0.4) is 0 Å². The van der Waals surface area contributed by atoms with Crippen molar-refractivity contribution >= 4 is 17.5 Å². The largest absolute Gasteiger partial charge is 0.352 e. The number of ketones is 1. The molecule has 0 aromatic heterocycles. The predicted molar refractivity (Wildman–Crippen MR) is 82.4 cm³/mol. The molecule has 0 saturated carbocycles. The molecule has 0 aliphatic carbocycles. The number of nitro groups is 1. The molecule has 23 heavy (non-hydrogen) atoms. The predicted octanol–water partition coefficient (Wildman–Crippen LogP) is 1.83. The van der Waals surface area contributed by atoms with Crippen molar-refractivity contribution in [3.63, 3.8) is 0 Å². The summed E-state index contributed by atoms with van der Waals surface area (Å²) in [6, 6.07) is 6.89. The highest BCUT2D eigenvalue weighted by Crippen LogP contribution is 2.22. The molecular formula is C15H18N4O4. The SMILES string of the molecule is CCC(CCc1ccc([N+](=O)[O-])cc1)(NC(N)=O)C(=O)CC#N. The van der Waals surface area contributed by atoms with Gasteiger partial charge in [-0.3, -0.25) is 14.9 Å². The number of amides is 2. The number of Topliss-reactive ketones (excluding diaryl/α,β-unsaturated/α-hetero) is 1. The third kappa shape index (κ3) is 4.78. The van der Waals surface area contributed by atoms with Gasteiger partial charge in [0, 0.05) is 12.1 Å². The third-order valence-electron chi connectivity index (χ3n) is 3.73. The van der Waals surface area contributed by atoms with E-state index in [1.54, 1.807) is 25.1 Å². The van der Waals surface area contributed by atoms with Gasteiger partial charge in [-0.1, -0.05) is 19.1 Å². The molecule has 0 fully saturated rings. The molecule has 0 spiro atoms. The van der Waals surface area contributed by atoms with Gasteiger partial charge in [0.1, 0.15) is 5.54 Å². The fourth-order valence-corrected chi connectivity index (χ4v) is 2.35. The van der Waals surface area contributed by atoms with E-state index >= 15 is 0 Å². The number of benzene rings is 1. The van der Waals surface area contributed by atoms with Gasteiger partial charge in [-0.15, -0.1) is 0 Å². The number of non-ortho nitro benzene ring substituents is 1. The van der Waals surface area contributed by atoms with Crippen molar-refractivity contribution in [3.05, 3.63) is 39.9 Å². The molecule has 0 aliphatic heterocycles. The molecule has 0 heterocycles. The number of carbonyl (C=O) groups is 2. The first kappa shape index (κ1) is 18.1. The number of primary amides is 1. The summed E-state index contributed by atoms with van der Waals surface area (Å²) in [6.07, 6.45) is 0.631. The number of hydrogen-bond donors (Lipinski definition) is 2. The van der Waals surface area contributed by atoms with E-state index in [2.05, 4.69) is 5.32 Å². The highest BCUT2D eigenvalue weighted by molar-refractivity contribution is 5.93. The van der Waals surface area contributed by atoms with Crippen molar-refractivity contribution in [2.75, 3.05) is 0 Å². The highest BCUT2D eigenvalue weighted by Gasteiger charge is 2.36. The topological polar surface area (TPSA) is 139 Å². The van der Waals surface area contributed by atoms with Crippen molar-refractivity contribution in [2.24, 2.45) is 5.73 Å². The van der Waals surface area contributed by atoms with E-state index < -0.39 is 22.3 Å². The molecule has 1 atom stereocenters. The maximum Gasteiger partial charge on any atom is 0.312 e. The fraction of sp³-hybridized carbons (Fsp3) is 0.400. The first-order chi connectivity index (χ1) is 10.8. The van der Waals surface area contributed by atoms with E-state index in [9.17, 15) is 19.7 Å². The molecule has 8 heteroatoms. The van der Waals surface area contributed by atoms with E-state index in [1.165, 1.54) is 12.1 Å². The number of carbonyl (C=O) groups excluding carboxylic acids is 2. The Morgan fingerprint density at radius 1 is 1.39 bits per heavy atom. The molecule has 1 aromatic rings. The summed E-state index contributed by atoms with van der Waals surface area (Å²) in [5.41, 5.74) is 4.71. The van der Waals surface area contributed by atoms with E-state index in [0.717, 1.165) is 5.56 Å². The lowest BCUT2D eigenvalue weighted by molar-refractivity contribution is -0.384. The van der Waals surface area contributed by atoms with Crippen LogP contribution in [0.15, 0.2) is 24.3 Å². The van der Waals surface area contributed by atoms with E-state index in [4.69, 9.17) is 11.0 Å². The Bertz CT molecular complexity index is 636. The second kappa shape index (κ2) is 7.89. The van der Waals surface area contributed by atoms with E-state index in [0.29, 0.717) is 12.8 Å². The summed E-state index contributed by atoms with van der Waals surface area (Å²) in [7, 11) is 0. The van der Waals surface area contributed by atoms with Crippen LogP contribution in [0.5, 0.6) is 0 Å². The molecule has 1 aromatic carbocycles. The Kier molecular flexibility index (Phi) is 6.21. The average molecular weight is 318 g/mol. The molecular weight excluding hydrogens is 300 g/mol. The van der Waals surface area contributed by atoms with Gasteiger partial charge >= 0.3 is 6.03 Å². The zero-order chi connectivity index (χ0) is 17.5. The molecule has 2 amide bonds. The number of nitrogens with two attached hydrogens (primary N) is 1. The van der Waals surface area contributed by atoms with Crippen LogP contribution in [0.4, 0.5) is 10.5 Å². The Balaban J connectivity index is 2.92. The second-order valence-electron chi connectivity index (χ2n) is 5.11. The minimum atomic E-state index is -1.21. The summed E-state index contributed by atoms with van der Waals surface area (Å²) in [5.74, 6) is -0.400. The van der Waals surface area contributed by atoms with Gasteiger partial charge in [0.25, 0.3) is 5.69 Å². The maximum atomic E-state index is 12.2. The number of nitro benzene ring substituents is 1. The van der Waals surface area contributed by atoms with Crippen molar-refractivity contribution in [2.45, 2.75) is 38.1 Å². The fourth-order valence-electron chi connectivity index (χ4n) is 2.35. The van der Waals surface area contributed by atoms with Gasteiger partial charge in [0.05, 0.1) is 17.4 Å². The number of aryl methyl sites for hydroxylation is 1. The lowest BCUT2D eigenvalue weighted by Gasteiger charge is -2.31. The minimum Gasteiger partial charge on any atom is -0.352 e. The van der Waals surface area contributed by atoms with Crippen LogP contribution < -0.4 is 11.1 Å². The zero-order valence-electron chi connectivity index (χ0n) is 12.7. The Morgan fingerprint density at radius 3 is 2.43 bits per heavy atom. The summed E-state index contributed by atoms with van der Waals surface area (Å²) >= 11 is 0. The maximum absolute atomic E-state index is 12.2. The van der Waals surface area contributed by atoms with E-state index in [1.807, 2.05) is 0 Å². The van der Waals surface area contributed by atoms with Gasteiger partial charge in [-0.2, -0.15) is 5.26 Å². The van der Waals surface area contributed by atoms with E-state index in [-0.39, 0.29) is 18.5 Å². The number of nitriles is 1. The van der Waals surface area contributed by atoms with Crippen LogP contribution in [-0.4, -0.2) is 22.3 Å². The van der Waals surface area contributed by atoms with Gasteiger partial charge in [-0.05, 0) is 24.8 Å². The highest BCUT2D eigenvalue weighted by atomic mass is 16.6. The van der Waals surface area contributed by atoms with Crippen molar-refractivity contribution in [1.82, 2.24) is 5.32 Å². The van der Waals surface area contributed by atoms with Crippen molar-refractivity contribution < 1.29 is 14.5 Å². The standard InChI is InChI=1S/C15H18N4O4/c1-2-15(18-14(17)21,13(20)8-10-16)9-7-11-3-5-12(6-4-11)19(22)23/h3-6H,2,7-9H2,1H3,(H3,17,18,21). The lowest BCUT2D eigenvalue weighted by Crippen LogP contribution is -2.56. The van der Waals surface area contributed by atoms with Crippen molar-refractivity contribution in [3.8, 4) is 6.07 Å². The van der Waals surface area contributed by atoms with Crippen LogP contribution in [0, 0.1) is 21.4 Å². The molecule has 122 valence electrons. The quantitative estimate of drug-likeness (QED) is 0.556. The van der Waals surface area contributed by atoms with Crippen LogP contribution in [0.2, 0.25) is 0 Å². The summed E-state index contributed by atoms with van der Waals surface area (Å²) < 4.78 is 0. The van der Waals surface area contributed by atoms with Gasteiger partial charge in [-0.25, -0.2) is 4.79 Å². The van der Waals surface area contributed by atoms with Crippen LogP contribution in [-0.2, 0) is 11.2 Å². The second-order valence-corrected chi connectivity index (χ2v) is 5.11. The first-order valence-electron chi connectivity index (χ1n) is 7.06.